The van der Waals surface area contributed by atoms with Crippen LogP contribution in [-0.2, 0) is 0 Å². The number of hydrogen-bond donors (Lipinski definition) is 0. The van der Waals surface area contributed by atoms with Crippen LogP contribution >= 0.6 is 0 Å². The smallest absolute Gasteiger partial charge is 0.185 e. The molecule has 0 radical (unpaired) electrons. The Bertz CT molecular complexity index is 331. The van der Waals surface area contributed by atoms with E-state index < -0.39 is 17.4 Å². The Kier molecular flexibility index (Phi) is 2.33. The van der Waals surface area contributed by atoms with Crippen LogP contribution < -0.4 is 0 Å². The van der Waals surface area contributed by atoms with Gasteiger partial charge in [-0.1, -0.05) is 6.58 Å². The van der Waals surface area contributed by atoms with Crippen molar-refractivity contribution < 1.29 is 13.6 Å². The molecule has 0 aliphatic rings. The van der Waals surface area contributed by atoms with Gasteiger partial charge >= 0.3 is 0 Å². The summed E-state index contributed by atoms with van der Waals surface area (Å²) in [5.41, 5.74) is 0.101. The monoisotopic (exact) mass is 168 g/mol. The third-order valence-electron chi connectivity index (χ3n) is 1.39. The molecular weight excluding hydrogens is 162 g/mol. The fraction of sp³-hybridized carbons (Fsp3) is 0. The van der Waals surface area contributed by atoms with Crippen LogP contribution in [0.4, 0.5) is 8.78 Å². The molecule has 0 fully saturated rings. The van der Waals surface area contributed by atoms with Gasteiger partial charge in [-0.25, -0.2) is 8.78 Å². The van der Waals surface area contributed by atoms with Crippen molar-refractivity contribution in [3.05, 3.63) is 48.1 Å². The second-order valence-electron chi connectivity index (χ2n) is 2.20. The molecule has 1 nitrogen and oxygen atoms in total. The first-order chi connectivity index (χ1) is 5.65. The maximum Gasteiger partial charge on any atom is 0.185 e. The average molecular weight is 168 g/mol. The molecule has 0 saturated heterocycles. The van der Waals surface area contributed by atoms with Crippen LogP contribution in [0, 0.1) is 11.6 Å². The van der Waals surface area contributed by atoms with Crippen molar-refractivity contribution in [1.29, 1.82) is 0 Å². The minimum absolute atomic E-state index is 0.101. The second-order valence-corrected chi connectivity index (χ2v) is 2.20. The molecule has 1 aromatic carbocycles. The lowest BCUT2D eigenvalue weighted by atomic mass is 10.1. The molecule has 0 bridgehead atoms. The van der Waals surface area contributed by atoms with E-state index in [0.29, 0.717) is 0 Å². The molecule has 1 rings (SSSR count). The van der Waals surface area contributed by atoms with Gasteiger partial charge in [-0.3, -0.25) is 4.79 Å². The average Bonchev–Trinajstić information content (AvgIpc) is 2.08. The molecule has 0 unspecified atom stereocenters. The van der Waals surface area contributed by atoms with Gasteiger partial charge in [-0.05, 0) is 24.3 Å². The number of allylic oxidation sites excluding steroid dienone is 1. The summed E-state index contributed by atoms with van der Waals surface area (Å²) in [6.45, 7) is 3.22. The van der Waals surface area contributed by atoms with E-state index in [1.54, 1.807) is 0 Å². The summed E-state index contributed by atoms with van der Waals surface area (Å²) < 4.78 is 24.9. The van der Waals surface area contributed by atoms with Gasteiger partial charge in [0.15, 0.2) is 17.4 Å². The first-order valence-corrected chi connectivity index (χ1v) is 3.27. The molecule has 0 aliphatic carbocycles. The third kappa shape index (κ3) is 1.56. The van der Waals surface area contributed by atoms with E-state index in [4.69, 9.17) is 0 Å². The van der Waals surface area contributed by atoms with E-state index in [2.05, 4.69) is 6.58 Å². The van der Waals surface area contributed by atoms with Crippen molar-refractivity contribution in [1.82, 2.24) is 0 Å². The van der Waals surface area contributed by atoms with Crippen LogP contribution in [0.5, 0.6) is 0 Å². The van der Waals surface area contributed by atoms with E-state index >= 15 is 0 Å². The molecule has 0 saturated carbocycles. The lowest BCUT2D eigenvalue weighted by Crippen LogP contribution is -1.95. The maximum atomic E-state index is 12.5. The highest BCUT2D eigenvalue weighted by Crippen LogP contribution is 2.09. The number of rotatable bonds is 2. The first kappa shape index (κ1) is 8.59. The van der Waals surface area contributed by atoms with E-state index in [0.717, 1.165) is 18.2 Å². The van der Waals surface area contributed by atoms with Gasteiger partial charge in [0.05, 0.1) is 0 Å². The molecule has 0 amide bonds. The molecule has 3 heteroatoms. The van der Waals surface area contributed by atoms with Crippen molar-refractivity contribution >= 4 is 5.78 Å². The highest BCUT2D eigenvalue weighted by molar-refractivity contribution is 6.04. The molecule has 1 aromatic rings. The van der Waals surface area contributed by atoms with Crippen LogP contribution in [0.25, 0.3) is 0 Å². The first-order valence-electron chi connectivity index (χ1n) is 3.27. The van der Waals surface area contributed by atoms with Crippen molar-refractivity contribution in [2.24, 2.45) is 0 Å². The Morgan fingerprint density at radius 1 is 1.33 bits per heavy atom. The van der Waals surface area contributed by atoms with Crippen LogP contribution in [0.3, 0.4) is 0 Å². The van der Waals surface area contributed by atoms with Crippen LogP contribution in [0.2, 0.25) is 0 Å². The number of halogens is 2. The topological polar surface area (TPSA) is 17.1 Å². The SMILES string of the molecule is C=CC(=O)c1ccc(F)c(F)c1. The lowest BCUT2D eigenvalue weighted by Gasteiger charge is -1.95. The number of carbonyl (C=O) groups is 1. The van der Waals surface area contributed by atoms with Crippen molar-refractivity contribution in [3.8, 4) is 0 Å². The zero-order chi connectivity index (χ0) is 9.14. The standard InChI is InChI=1S/C9H6F2O/c1-2-9(12)6-3-4-7(10)8(11)5-6/h2-5H,1H2. The van der Waals surface area contributed by atoms with Crippen molar-refractivity contribution in [3.63, 3.8) is 0 Å². The van der Waals surface area contributed by atoms with Crippen LogP contribution in [-0.4, -0.2) is 5.78 Å². The van der Waals surface area contributed by atoms with Crippen LogP contribution in [0.15, 0.2) is 30.9 Å². The summed E-state index contributed by atoms with van der Waals surface area (Å²) in [5, 5.41) is 0. The predicted molar refractivity (Wildman–Crippen MR) is 40.9 cm³/mol. The summed E-state index contributed by atoms with van der Waals surface area (Å²) in [6, 6.07) is 2.97. The molecule has 12 heavy (non-hydrogen) atoms. The fourth-order valence-corrected chi connectivity index (χ4v) is 0.767. The van der Waals surface area contributed by atoms with Gasteiger partial charge < -0.3 is 0 Å². The largest absolute Gasteiger partial charge is 0.289 e. The quantitative estimate of drug-likeness (QED) is 0.489. The summed E-state index contributed by atoms with van der Waals surface area (Å²) in [7, 11) is 0. The number of hydrogen-bond acceptors (Lipinski definition) is 1. The van der Waals surface area contributed by atoms with Gasteiger partial charge in [-0.15, -0.1) is 0 Å². The van der Waals surface area contributed by atoms with Crippen molar-refractivity contribution in [2.45, 2.75) is 0 Å². The van der Waals surface area contributed by atoms with E-state index in [9.17, 15) is 13.6 Å². The molecule has 0 heterocycles. The Hall–Kier alpha value is -1.51. The van der Waals surface area contributed by atoms with E-state index in [1.165, 1.54) is 6.07 Å². The van der Waals surface area contributed by atoms with E-state index in [1.807, 2.05) is 0 Å². The summed E-state index contributed by atoms with van der Waals surface area (Å²) >= 11 is 0. The van der Waals surface area contributed by atoms with Gasteiger partial charge in [0.25, 0.3) is 0 Å². The van der Waals surface area contributed by atoms with Gasteiger partial charge in [-0.2, -0.15) is 0 Å². The minimum atomic E-state index is -1.03. The van der Waals surface area contributed by atoms with Gasteiger partial charge in [0.2, 0.25) is 0 Å². The summed E-state index contributed by atoms with van der Waals surface area (Å²) in [4.78, 5) is 10.9. The van der Waals surface area contributed by atoms with Gasteiger partial charge in [0, 0.05) is 5.56 Å². The van der Waals surface area contributed by atoms with Crippen molar-refractivity contribution in [2.75, 3.05) is 0 Å². The Labute approximate surface area is 68.3 Å². The molecule has 0 aliphatic heterocycles. The zero-order valence-corrected chi connectivity index (χ0v) is 6.18. The Morgan fingerprint density at radius 2 is 2.00 bits per heavy atom. The molecular formula is C9H6F2O. The Balaban J connectivity index is 3.13. The lowest BCUT2D eigenvalue weighted by molar-refractivity contribution is 0.104. The normalized spacial score (nSPS) is 9.50. The summed E-state index contributed by atoms with van der Waals surface area (Å²) in [6.07, 6.45) is 1.05. The molecule has 62 valence electrons. The highest BCUT2D eigenvalue weighted by Gasteiger charge is 2.05. The molecule has 0 atom stereocenters. The number of benzene rings is 1. The fourth-order valence-electron chi connectivity index (χ4n) is 0.767. The minimum Gasteiger partial charge on any atom is -0.289 e. The molecule has 0 aromatic heterocycles. The third-order valence-corrected chi connectivity index (χ3v) is 1.39. The number of ketones is 1. The maximum absolute atomic E-state index is 12.5. The second kappa shape index (κ2) is 3.26. The highest BCUT2D eigenvalue weighted by atomic mass is 19.2. The van der Waals surface area contributed by atoms with Gasteiger partial charge in [0.1, 0.15) is 0 Å². The molecule has 0 N–H and O–H groups in total. The van der Waals surface area contributed by atoms with Crippen LogP contribution in [0.1, 0.15) is 10.4 Å². The molecule has 0 spiro atoms. The van der Waals surface area contributed by atoms with E-state index in [-0.39, 0.29) is 5.56 Å². The number of carbonyl (C=O) groups excluding carboxylic acids is 1. The summed E-state index contributed by atoms with van der Waals surface area (Å²) in [5.74, 6) is -2.41. The zero-order valence-electron chi connectivity index (χ0n) is 6.18. The Morgan fingerprint density at radius 3 is 2.50 bits per heavy atom. The predicted octanol–water partition coefficient (Wildman–Crippen LogP) is 2.33.